The van der Waals surface area contributed by atoms with E-state index in [1.807, 2.05) is 85.2 Å². The molecule has 10 rings (SSSR count). The van der Waals surface area contributed by atoms with Crippen LogP contribution < -0.4 is 0 Å². The number of furan rings is 1. The molecule has 0 aliphatic heterocycles. The van der Waals surface area contributed by atoms with Gasteiger partial charge >= 0.3 is 0 Å². The number of aryl methyl sites for hydroxylation is 4. The summed E-state index contributed by atoms with van der Waals surface area (Å²) in [5, 5.41) is 1.13. The smallest absolute Gasteiger partial charge is 0.227 e. The third kappa shape index (κ3) is 10.6. The zero-order chi connectivity index (χ0) is 60.6. The van der Waals surface area contributed by atoms with Crippen molar-refractivity contribution in [3.63, 3.8) is 0 Å². The van der Waals surface area contributed by atoms with Gasteiger partial charge in [0, 0.05) is 68.2 Å². The van der Waals surface area contributed by atoms with Crippen LogP contribution in [0.2, 0.25) is 0 Å². The van der Waals surface area contributed by atoms with Crippen LogP contribution in [0.4, 0.5) is 0 Å². The number of nitrogens with zero attached hydrogens (tertiary/aromatic N) is 4. The Morgan fingerprint density at radius 2 is 1.11 bits per heavy atom. The average molecular weight is 955 g/mol. The molecular formula is C67H66N4O. The second-order valence-electron chi connectivity index (χ2n) is 21.1. The molecule has 10 aromatic rings. The molecule has 0 bridgehead atoms. The molecule has 0 N–H and O–H groups in total. The zero-order valence-corrected chi connectivity index (χ0v) is 41.9. The van der Waals surface area contributed by atoms with Gasteiger partial charge in [-0.05, 0) is 154 Å². The van der Waals surface area contributed by atoms with Crippen LogP contribution in [0.1, 0.15) is 115 Å². The van der Waals surface area contributed by atoms with Gasteiger partial charge in [0.2, 0.25) is 5.71 Å². The molecular weight excluding hydrogens is 877 g/mol. The Kier molecular flexibility index (Phi) is 9.68. The van der Waals surface area contributed by atoms with Crippen molar-refractivity contribution in [2.75, 3.05) is 0 Å². The van der Waals surface area contributed by atoms with Crippen LogP contribution in [0.3, 0.4) is 0 Å². The van der Waals surface area contributed by atoms with Crippen LogP contribution in [-0.4, -0.2) is 19.9 Å². The number of hydrogen-bond acceptors (Lipinski definition) is 5. The fraction of sp³-hybridized carbons (Fsp3) is 0.254. The van der Waals surface area contributed by atoms with Crippen molar-refractivity contribution < 1.29 is 20.9 Å². The van der Waals surface area contributed by atoms with E-state index in [1.54, 1.807) is 57.2 Å². The van der Waals surface area contributed by atoms with E-state index in [0.717, 1.165) is 44.8 Å². The molecule has 360 valence electrons. The molecule has 0 unspecified atom stereocenters. The van der Waals surface area contributed by atoms with Crippen molar-refractivity contribution in [2.45, 2.75) is 105 Å². The van der Waals surface area contributed by atoms with Crippen LogP contribution >= 0.6 is 0 Å². The van der Waals surface area contributed by atoms with E-state index in [0.29, 0.717) is 29.2 Å². The van der Waals surface area contributed by atoms with Gasteiger partial charge in [-0.3, -0.25) is 15.0 Å². The summed E-state index contributed by atoms with van der Waals surface area (Å²) in [4.78, 5) is 18.9. The fourth-order valence-electron chi connectivity index (χ4n) is 9.65. The lowest BCUT2D eigenvalue weighted by molar-refractivity contribution is 0.411. The average Bonchev–Trinajstić information content (AvgIpc) is 3.81. The summed E-state index contributed by atoms with van der Waals surface area (Å²) < 4.78 is 116. The van der Waals surface area contributed by atoms with Gasteiger partial charge in [0.25, 0.3) is 0 Å². The molecule has 5 aromatic carbocycles. The lowest BCUT2D eigenvalue weighted by Gasteiger charge is -2.28. The number of hydrogen-bond donors (Lipinski definition) is 0. The van der Waals surface area contributed by atoms with E-state index >= 15 is 0 Å². The summed E-state index contributed by atoms with van der Waals surface area (Å²) >= 11 is 0. The summed E-state index contributed by atoms with van der Waals surface area (Å²) in [5.74, 6) is 0. The maximum absolute atomic E-state index is 10.2. The predicted molar refractivity (Wildman–Crippen MR) is 299 cm³/mol. The van der Waals surface area contributed by atoms with E-state index in [2.05, 4.69) is 50.9 Å². The second-order valence-corrected chi connectivity index (χ2v) is 21.1. The number of benzene rings is 5. The minimum absolute atomic E-state index is 0.00958. The van der Waals surface area contributed by atoms with Crippen molar-refractivity contribution >= 4 is 22.1 Å². The number of fused-ring (bicyclic) bond motifs is 3. The Morgan fingerprint density at radius 3 is 1.69 bits per heavy atom. The summed E-state index contributed by atoms with van der Waals surface area (Å²) in [6.07, 6.45) is -1.96. The zero-order valence-electron chi connectivity index (χ0n) is 53.9. The third-order valence-corrected chi connectivity index (χ3v) is 13.3. The number of rotatable bonds is 14. The van der Waals surface area contributed by atoms with Gasteiger partial charge in [-0.15, -0.1) is 0 Å². The second kappa shape index (κ2) is 19.6. The molecule has 72 heavy (non-hydrogen) atoms. The van der Waals surface area contributed by atoms with Crippen molar-refractivity contribution in [2.24, 2.45) is 5.41 Å². The topological polar surface area (TPSA) is 64.7 Å². The van der Waals surface area contributed by atoms with E-state index in [4.69, 9.17) is 30.3 Å². The monoisotopic (exact) mass is 955 g/mol. The summed E-state index contributed by atoms with van der Waals surface area (Å²) in [5.41, 5.74) is 5.50. The number of pyridine rings is 4. The van der Waals surface area contributed by atoms with Gasteiger partial charge in [-0.1, -0.05) is 170 Å². The minimum atomic E-state index is -2.95. The van der Waals surface area contributed by atoms with Gasteiger partial charge in [-0.2, -0.15) is 0 Å². The van der Waals surface area contributed by atoms with Crippen molar-refractivity contribution in [3.05, 3.63) is 227 Å². The lowest BCUT2D eigenvalue weighted by Crippen LogP contribution is -2.23. The van der Waals surface area contributed by atoms with Crippen LogP contribution in [-0.2, 0) is 42.8 Å². The minimum Gasteiger partial charge on any atom is -0.437 e. The van der Waals surface area contributed by atoms with Crippen LogP contribution in [0.25, 0.3) is 67.0 Å². The fourth-order valence-corrected chi connectivity index (χ4v) is 9.65. The van der Waals surface area contributed by atoms with Crippen LogP contribution in [0, 0.1) is 19.1 Å². The predicted octanol–water partition coefficient (Wildman–Crippen LogP) is 16.9. The maximum Gasteiger partial charge on any atom is 0.227 e. The first-order chi connectivity index (χ1) is 39.3. The highest BCUT2D eigenvalue weighted by Crippen LogP contribution is 2.39. The third-order valence-electron chi connectivity index (χ3n) is 13.3. The quantitative estimate of drug-likeness (QED) is 0.109. The molecule has 0 aliphatic rings. The number of aromatic nitrogens is 4. The molecule has 0 atom stereocenters. The van der Waals surface area contributed by atoms with Crippen molar-refractivity contribution in [1.29, 1.82) is 0 Å². The molecule has 0 radical (unpaired) electrons. The first-order valence-electron chi connectivity index (χ1n) is 30.4. The largest absolute Gasteiger partial charge is 0.437 e. The summed E-state index contributed by atoms with van der Waals surface area (Å²) in [7, 11) is 0. The SMILES string of the molecule is [2H]C([2H])([2H])c1ccc2c(n1)oc1c(-c3cc(-c4ccc(C([2H])([2H])C(C)(C)C)cc4C([2H])([2H])[2H])c(C([2H])([2H])C([2H])([2H])c4cc(CC(C)(C)c5ccc(-c6ccccc6)nc5)cc(CC(C)(C)c5ccc(-c6ccccc6)nc5)c4)cn3)cccc12. The molecule has 0 saturated heterocycles. The Bertz CT molecular complexity index is 3940. The highest BCUT2D eigenvalue weighted by molar-refractivity contribution is 6.08. The lowest BCUT2D eigenvalue weighted by atomic mass is 9.77. The molecule has 0 spiro atoms. The normalized spacial score (nSPS) is 15.7. The molecule has 0 fully saturated rings. The molecule has 5 nitrogen and oxygen atoms in total. The van der Waals surface area contributed by atoms with Crippen LogP contribution in [0.15, 0.2) is 181 Å². The Balaban J connectivity index is 1.13. The molecule has 5 heteroatoms. The summed E-state index contributed by atoms with van der Waals surface area (Å²) in [6.45, 7) is 8.21. The van der Waals surface area contributed by atoms with Gasteiger partial charge in [0.15, 0.2) is 0 Å². The molecule has 0 amide bonds. The first kappa shape index (κ1) is 35.6. The Labute approximate surface area is 443 Å². The molecule has 0 aliphatic carbocycles. The van der Waals surface area contributed by atoms with E-state index in [-0.39, 0.29) is 56.1 Å². The van der Waals surface area contributed by atoms with Gasteiger partial charge in [0.05, 0.1) is 17.1 Å². The molecule has 0 saturated carbocycles. The van der Waals surface area contributed by atoms with Crippen LogP contribution in [0.5, 0.6) is 0 Å². The van der Waals surface area contributed by atoms with Gasteiger partial charge < -0.3 is 4.42 Å². The van der Waals surface area contributed by atoms with E-state index in [9.17, 15) is 5.48 Å². The van der Waals surface area contributed by atoms with E-state index < -0.39 is 49.1 Å². The van der Waals surface area contributed by atoms with Crippen molar-refractivity contribution in [1.82, 2.24) is 19.9 Å². The highest BCUT2D eigenvalue weighted by atomic mass is 16.3. The first-order valence-corrected chi connectivity index (χ1v) is 24.4. The van der Waals surface area contributed by atoms with Crippen molar-refractivity contribution in [3.8, 4) is 44.9 Å². The van der Waals surface area contributed by atoms with Gasteiger partial charge in [0.1, 0.15) is 5.58 Å². The number of para-hydroxylation sites is 1. The maximum atomic E-state index is 10.2. The summed E-state index contributed by atoms with van der Waals surface area (Å²) in [6, 6.07) is 47.6. The Morgan fingerprint density at radius 1 is 0.486 bits per heavy atom. The molecule has 5 heterocycles. The molecule has 5 aromatic heterocycles. The highest BCUT2D eigenvalue weighted by Gasteiger charge is 2.26. The standard InChI is InChI=1S/C67H66N4O/c1-44-33-47(38-65(3,4)5)25-30-55(44)59-37-62(58-22-16-21-56-57-29-23-45(2)71-64(57)72-63(56)58)68-41-52(59)26-24-46-34-48(39-66(6,7)53-27-31-60(69-42-53)50-17-12-10-13-18-50)36-49(35-46)40-67(8,9)54-28-32-61(70-43-54)51-19-14-11-15-20-51/h10-23,25,27-37,41-43H,24,26,38-40H2,1-9H3/i1D3,2D3,24D2,26D2,38D2. The Hall–Kier alpha value is -7.50. The van der Waals surface area contributed by atoms with Gasteiger partial charge in [-0.25, -0.2) is 4.98 Å². The van der Waals surface area contributed by atoms with E-state index in [1.165, 1.54) is 36.5 Å².